The Balaban J connectivity index is 4.29. The first-order chi connectivity index (χ1) is 7.47. The number of carbonyl (C=O) groups excluding carboxylic acids is 2. The fourth-order valence-corrected chi connectivity index (χ4v) is 1.30. The lowest BCUT2D eigenvalue weighted by atomic mass is 10.2. The van der Waals surface area contributed by atoms with E-state index in [0.717, 1.165) is 0 Å². The van der Waals surface area contributed by atoms with E-state index in [9.17, 15) is 9.59 Å². The van der Waals surface area contributed by atoms with Gasteiger partial charge in [0.1, 0.15) is 0 Å². The molecule has 0 spiro atoms. The van der Waals surface area contributed by atoms with E-state index in [1.807, 2.05) is 0 Å². The zero-order chi connectivity index (χ0) is 12.6. The third-order valence-corrected chi connectivity index (χ3v) is 2.38. The average Bonchev–Trinajstić information content (AvgIpc) is 2.17. The first-order valence-electron chi connectivity index (χ1n) is 5.12. The second kappa shape index (κ2) is 7.84. The third-order valence-electron chi connectivity index (χ3n) is 1.93. The average molecular weight is 266 g/mol. The fourth-order valence-electron chi connectivity index (χ4n) is 0.931. The third kappa shape index (κ3) is 6.27. The number of carbonyl (C=O) groups is 2. The zero-order valence-corrected chi connectivity index (χ0v) is 11.4. The molecule has 0 aliphatic rings. The van der Waals surface area contributed by atoms with Crippen molar-refractivity contribution in [2.45, 2.75) is 38.9 Å². The lowest BCUT2D eigenvalue weighted by Crippen LogP contribution is -2.36. The van der Waals surface area contributed by atoms with Crippen molar-refractivity contribution < 1.29 is 19.1 Å². The van der Waals surface area contributed by atoms with Gasteiger partial charge in [-0.3, -0.25) is 9.59 Å². The summed E-state index contributed by atoms with van der Waals surface area (Å²) in [4.78, 5) is 22.6. The van der Waals surface area contributed by atoms with Gasteiger partial charge in [0.05, 0.1) is 12.8 Å². The van der Waals surface area contributed by atoms with Gasteiger partial charge < -0.3 is 9.47 Å². The molecule has 0 radical (unpaired) electrons. The highest BCUT2D eigenvalue weighted by molar-refractivity contribution is 7.80. The normalized spacial score (nSPS) is 11.0. The molecule has 94 valence electrons. The van der Waals surface area contributed by atoms with Crippen molar-refractivity contribution in [2.24, 2.45) is 0 Å². The van der Waals surface area contributed by atoms with Gasteiger partial charge >= 0.3 is 11.9 Å². The molecular weight excluding hydrogens is 248 g/mol. The van der Waals surface area contributed by atoms with Gasteiger partial charge in [0, 0.05) is 24.9 Å². The largest absolute Gasteiger partial charge is 0.423 e. The van der Waals surface area contributed by atoms with Crippen LogP contribution in [0.15, 0.2) is 0 Å². The van der Waals surface area contributed by atoms with Crippen LogP contribution < -0.4 is 0 Å². The Morgan fingerprint density at radius 1 is 1.06 bits per heavy atom. The highest BCUT2D eigenvalue weighted by atomic mass is 32.1. The monoisotopic (exact) mass is 266 g/mol. The summed E-state index contributed by atoms with van der Waals surface area (Å²) in [7, 11) is 0. The van der Waals surface area contributed by atoms with E-state index in [1.54, 1.807) is 13.8 Å². The Kier molecular flexibility index (Phi) is 7.66. The smallest absolute Gasteiger partial charge is 0.309 e. The molecule has 0 aliphatic carbocycles. The minimum Gasteiger partial charge on any atom is -0.423 e. The summed E-state index contributed by atoms with van der Waals surface area (Å²) < 4.78 is 10.2. The van der Waals surface area contributed by atoms with Crippen molar-refractivity contribution >= 4 is 37.2 Å². The summed E-state index contributed by atoms with van der Waals surface area (Å²) in [6.07, 6.45) is 0.801. The second-order valence-corrected chi connectivity index (χ2v) is 4.28. The van der Waals surface area contributed by atoms with Gasteiger partial charge in [0.25, 0.3) is 5.79 Å². The van der Waals surface area contributed by atoms with Crippen molar-refractivity contribution in [2.75, 3.05) is 11.5 Å². The first kappa shape index (κ1) is 15.6. The molecule has 6 heteroatoms. The maximum absolute atomic E-state index is 11.3. The number of rotatable bonds is 7. The van der Waals surface area contributed by atoms with E-state index in [0.29, 0.717) is 17.9 Å². The molecule has 0 aromatic carbocycles. The van der Waals surface area contributed by atoms with Crippen LogP contribution in [0, 0.1) is 0 Å². The van der Waals surface area contributed by atoms with Crippen molar-refractivity contribution in [3.63, 3.8) is 0 Å². The molecule has 0 bridgehead atoms. The predicted octanol–water partition coefficient (Wildman–Crippen LogP) is 1.84. The molecule has 0 heterocycles. The van der Waals surface area contributed by atoms with Crippen LogP contribution in [0.5, 0.6) is 0 Å². The molecule has 0 saturated carbocycles. The second-order valence-electron chi connectivity index (χ2n) is 3.38. The highest BCUT2D eigenvalue weighted by Crippen LogP contribution is 2.19. The summed E-state index contributed by atoms with van der Waals surface area (Å²) in [6, 6.07) is 0. The number of ether oxygens (including phenoxy) is 2. The molecule has 0 rings (SSSR count). The van der Waals surface area contributed by atoms with Gasteiger partial charge in [-0.05, 0) is 0 Å². The molecule has 0 amide bonds. The first-order valence-corrected chi connectivity index (χ1v) is 6.39. The minimum absolute atomic E-state index is 0.197. The molecule has 16 heavy (non-hydrogen) atoms. The summed E-state index contributed by atoms with van der Waals surface area (Å²) in [6.45, 7) is 3.35. The Bertz CT molecular complexity index is 223. The van der Waals surface area contributed by atoms with Crippen molar-refractivity contribution in [3.05, 3.63) is 0 Å². The van der Waals surface area contributed by atoms with Gasteiger partial charge in [0.15, 0.2) is 0 Å². The van der Waals surface area contributed by atoms with Crippen LogP contribution in [-0.2, 0) is 19.1 Å². The molecule has 0 unspecified atom stereocenters. The van der Waals surface area contributed by atoms with Crippen molar-refractivity contribution in [1.82, 2.24) is 0 Å². The van der Waals surface area contributed by atoms with E-state index in [-0.39, 0.29) is 12.8 Å². The Morgan fingerprint density at radius 3 is 1.69 bits per heavy atom. The van der Waals surface area contributed by atoms with E-state index in [2.05, 4.69) is 25.3 Å². The van der Waals surface area contributed by atoms with E-state index >= 15 is 0 Å². The van der Waals surface area contributed by atoms with Gasteiger partial charge in [-0.25, -0.2) is 0 Å². The highest BCUT2D eigenvalue weighted by Gasteiger charge is 2.30. The lowest BCUT2D eigenvalue weighted by Gasteiger charge is -2.27. The number of thiol groups is 2. The molecule has 0 aromatic heterocycles. The summed E-state index contributed by atoms with van der Waals surface area (Å²) in [5, 5.41) is 0. The van der Waals surface area contributed by atoms with Crippen LogP contribution >= 0.6 is 25.3 Å². The minimum atomic E-state index is -1.18. The quantitative estimate of drug-likeness (QED) is 0.419. The fraction of sp³-hybridized carbons (Fsp3) is 0.800. The maximum atomic E-state index is 11.3. The molecule has 0 saturated heterocycles. The van der Waals surface area contributed by atoms with Crippen LogP contribution in [0.1, 0.15) is 33.1 Å². The van der Waals surface area contributed by atoms with E-state index < -0.39 is 17.7 Å². The standard InChI is InChI=1S/C10H18O4S2/c1-3-10(2,13-8(11)4-6-15)14-9(12)5-7-16/h15-16H,3-7H2,1-2H3. The number of hydrogen-bond acceptors (Lipinski definition) is 6. The molecular formula is C10H18O4S2. The van der Waals surface area contributed by atoms with E-state index in [1.165, 1.54) is 0 Å². The topological polar surface area (TPSA) is 52.6 Å². The molecule has 0 fully saturated rings. The molecule has 0 atom stereocenters. The van der Waals surface area contributed by atoms with Crippen LogP contribution in [0.3, 0.4) is 0 Å². The van der Waals surface area contributed by atoms with Gasteiger partial charge in [-0.15, -0.1) is 0 Å². The Morgan fingerprint density at radius 2 is 1.44 bits per heavy atom. The molecule has 0 aromatic rings. The predicted molar refractivity (Wildman–Crippen MR) is 67.8 cm³/mol. The molecule has 0 N–H and O–H groups in total. The van der Waals surface area contributed by atoms with Crippen LogP contribution in [0.25, 0.3) is 0 Å². The van der Waals surface area contributed by atoms with Gasteiger partial charge in [-0.1, -0.05) is 6.92 Å². The Hall–Kier alpha value is -0.360. The lowest BCUT2D eigenvalue weighted by molar-refractivity contribution is -0.223. The zero-order valence-electron chi connectivity index (χ0n) is 9.56. The maximum Gasteiger partial charge on any atom is 0.309 e. The van der Waals surface area contributed by atoms with Crippen LogP contribution in [0.4, 0.5) is 0 Å². The van der Waals surface area contributed by atoms with Gasteiger partial charge in [-0.2, -0.15) is 25.3 Å². The van der Waals surface area contributed by atoms with Crippen molar-refractivity contribution in [3.8, 4) is 0 Å². The Labute approximate surface area is 107 Å². The molecule has 4 nitrogen and oxygen atoms in total. The summed E-state index contributed by atoms with van der Waals surface area (Å²) in [5.74, 6) is -1.21. The molecule has 0 aliphatic heterocycles. The van der Waals surface area contributed by atoms with Crippen LogP contribution in [0.2, 0.25) is 0 Å². The van der Waals surface area contributed by atoms with Crippen LogP contribution in [-0.4, -0.2) is 29.2 Å². The summed E-state index contributed by atoms with van der Waals surface area (Å²) >= 11 is 7.85. The van der Waals surface area contributed by atoms with Crippen molar-refractivity contribution in [1.29, 1.82) is 0 Å². The number of esters is 2. The van der Waals surface area contributed by atoms with E-state index in [4.69, 9.17) is 9.47 Å². The number of hydrogen-bond donors (Lipinski definition) is 2. The van der Waals surface area contributed by atoms with Gasteiger partial charge in [0.2, 0.25) is 0 Å². The summed E-state index contributed by atoms with van der Waals surface area (Å²) in [5.41, 5.74) is 0. The SMILES string of the molecule is CCC(C)(OC(=O)CCS)OC(=O)CCS.